The number of carbonyl (C=O) groups excluding carboxylic acids is 1. The predicted octanol–water partition coefficient (Wildman–Crippen LogP) is 4.06. The van der Waals surface area contributed by atoms with Gasteiger partial charge in [-0.15, -0.1) is 0 Å². The van der Waals surface area contributed by atoms with Gasteiger partial charge in [0.2, 0.25) is 11.7 Å². The van der Waals surface area contributed by atoms with Crippen LogP contribution in [0, 0.1) is 5.92 Å². The van der Waals surface area contributed by atoms with E-state index in [9.17, 15) is 4.79 Å². The molecule has 0 spiro atoms. The standard InChI is InChI=1S/C28H42N2O6/c1-19(2)28(27(29)31,21-17-24(34-6)26(36-8)25(18-21)35-7)13-9-14-30(3)15-12-20-10-11-22(32-4)23(16-20)33-5/h10-11,16-19H,9,12-15H2,1-8H3,(H2,29,31)/t28-/m1/s1. The average Bonchev–Trinajstić information content (AvgIpc) is 2.88. The van der Waals surface area contributed by atoms with Crippen molar-refractivity contribution in [3.05, 3.63) is 41.5 Å². The summed E-state index contributed by atoms with van der Waals surface area (Å²) in [6.45, 7) is 5.73. The van der Waals surface area contributed by atoms with E-state index in [0.29, 0.717) is 23.7 Å². The molecule has 8 nitrogen and oxygen atoms in total. The molecular formula is C28H42N2O6. The smallest absolute Gasteiger partial charge is 0.228 e. The van der Waals surface area contributed by atoms with Crippen LogP contribution in [0.2, 0.25) is 0 Å². The van der Waals surface area contributed by atoms with Crippen LogP contribution < -0.4 is 29.4 Å². The lowest BCUT2D eigenvalue weighted by molar-refractivity contribution is -0.125. The number of likely N-dealkylation sites (N-methyl/N-ethyl adjacent to an activating group) is 1. The van der Waals surface area contributed by atoms with Crippen LogP contribution in [0.1, 0.15) is 37.8 Å². The highest BCUT2D eigenvalue weighted by atomic mass is 16.5. The zero-order valence-electron chi connectivity index (χ0n) is 23.0. The quantitative estimate of drug-likeness (QED) is 0.393. The highest BCUT2D eigenvalue weighted by Crippen LogP contribution is 2.45. The summed E-state index contributed by atoms with van der Waals surface area (Å²) >= 11 is 0. The third-order valence-electron chi connectivity index (χ3n) is 6.95. The molecule has 2 aromatic rings. The van der Waals surface area contributed by atoms with E-state index in [-0.39, 0.29) is 11.8 Å². The second-order valence-electron chi connectivity index (χ2n) is 9.25. The molecule has 0 aromatic heterocycles. The third-order valence-corrected chi connectivity index (χ3v) is 6.95. The van der Waals surface area contributed by atoms with Crippen molar-refractivity contribution >= 4 is 5.91 Å². The van der Waals surface area contributed by atoms with Crippen molar-refractivity contribution in [3.8, 4) is 28.7 Å². The average molecular weight is 503 g/mol. The summed E-state index contributed by atoms with van der Waals surface area (Å²) in [5.41, 5.74) is 7.14. The highest BCUT2D eigenvalue weighted by Gasteiger charge is 2.42. The Bertz CT molecular complexity index is 985. The van der Waals surface area contributed by atoms with Crippen LogP contribution in [-0.2, 0) is 16.6 Å². The first kappa shape index (κ1) is 29.1. The minimum Gasteiger partial charge on any atom is -0.493 e. The van der Waals surface area contributed by atoms with Gasteiger partial charge in [0.1, 0.15) is 0 Å². The van der Waals surface area contributed by atoms with Crippen molar-refractivity contribution in [1.29, 1.82) is 0 Å². The molecule has 0 radical (unpaired) electrons. The van der Waals surface area contributed by atoms with Gasteiger partial charge in [-0.1, -0.05) is 19.9 Å². The number of hydrogen-bond donors (Lipinski definition) is 1. The van der Waals surface area contributed by atoms with E-state index in [1.54, 1.807) is 35.5 Å². The third kappa shape index (κ3) is 6.35. The first-order chi connectivity index (χ1) is 17.2. The number of methoxy groups -OCH3 is 5. The molecule has 2 aromatic carbocycles. The first-order valence-corrected chi connectivity index (χ1v) is 12.2. The lowest BCUT2D eigenvalue weighted by Crippen LogP contribution is -2.46. The molecule has 2 rings (SSSR count). The second-order valence-corrected chi connectivity index (χ2v) is 9.25. The molecule has 0 bridgehead atoms. The monoisotopic (exact) mass is 502 g/mol. The molecule has 200 valence electrons. The van der Waals surface area contributed by atoms with Gasteiger partial charge in [0.15, 0.2) is 23.0 Å². The van der Waals surface area contributed by atoms with E-state index < -0.39 is 5.41 Å². The van der Waals surface area contributed by atoms with E-state index >= 15 is 0 Å². The zero-order valence-corrected chi connectivity index (χ0v) is 23.0. The Labute approximate surface area is 215 Å². The fourth-order valence-corrected chi connectivity index (χ4v) is 4.75. The van der Waals surface area contributed by atoms with Gasteiger partial charge in [0.25, 0.3) is 0 Å². The Hall–Kier alpha value is -3.13. The van der Waals surface area contributed by atoms with Gasteiger partial charge < -0.3 is 34.3 Å². The van der Waals surface area contributed by atoms with E-state index in [1.165, 1.54) is 5.56 Å². The Balaban J connectivity index is 2.17. The summed E-state index contributed by atoms with van der Waals surface area (Å²) in [5.74, 6) is 2.55. The summed E-state index contributed by atoms with van der Waals surface area (Å²) in [7, 11) is 10.0. The molecule has 0 aliphatic carbocycles. The molecule has 2 N–H and O–H groups in total. The number of ether oxygens (including phenoxy) is 5. The topological polar surface area (TPSA) is 92.5 Å². The summed E-state index contributed by atoms with van der Waals surface area (Å²) in [5, 5.41) is 0. The molecule has 0 unspecified atom stereocenters. The van der Waals surface area contributed by atoms with Gasteiger partial charge in [-0.3, -0.25) is 4.79 Å². The SMILES string of the molecule is COc1ccc(CCN(C)CCC[C@](C(N)=O)(c2cc(OC)c(OC)c(OC)c2)C(C)C)cc1OC. The molecule has 0 saturated heterocycles. The molecule has 1 atom stereocenters. The maximum Gasteiger partial charge on any atom is 0.228 e. The Morgan fingerprint density at radius 2 is 1.44 bits per heavy atom. The van der Waals surface area contributed by atoms with Gasteiger partial charge in [-0.2, -0.15) is 0 Å². The summed E-state index contributed by atoms with van der Waals surface area (Å²) in [6, 6.07) is 9.67. The number of nitrogens with zero attached hydrogens (tertiary/aromatic N) is 1. The molecule has 0 aliphatic heterocycles. The number of rotatable bonds is 15. The number of primary amides is 1. The minimum absolute atomic E-state index is 0.0325. The number of amides is 1. The zero-order chi connectivity index (χ0) is 26.9. The Morgan fingerprint density at radius 3 is 1.92 bits per heavy atom. The van der Waals surface area contributed by atoms with Crippen molar-refractivity contribution in [1.82, 2.24) is 4.90 Å². The molecule has 0 aliphatic rings. The van der Waals surface area contributed by atoms with Crippen LogP contribution in [0.3, 0.4) is 0 Å². The van der Waals surface area contributed by atoms with E-state index in [4.69, 9.17) is 29.4 Å². The van der Waals surface area contributed by atoms with Crippen LogP contribution in [0.25, 0.3) is 0 Å². The molecule has 0 fully saturated rings. The van der Waals surface area contributed by atoms with Crippen molar-refractivity contribution < 1.29 is 28.5 Å². The van der Waals surface area contributed by atoms with Gasteiger partial charge >= 0.3 is 0 Å². The predicted molar refractivity (Wildman–Crippen MR) is 142 cm³/mol. The van der Waals surface area contributed by atoms with Crippen molar-refractivity contribution in [3.63, 3.8) is 0 Å². The van der Waals surface area contributed by atoms with E-state index in [2.05, 4.69) is 18.0 Å². The van der Waals surface area contributed by atoms with Crippen molar-refractivity contribution in [2.24, 2.45) is 11.7 Å². The Kier molecular flexibility index (Phi) is 10.7. The molecule has 8 heteroatoms. The second kappa shape index (κ2) is 13.3. The number of nitrogens with two attached hydrogens (primary N) is 1. The molecule has 36 heavy (non-hydrogen) atoms. The normalized spacial score (nSPS) is 12.8. The number of benzene rings is 2. The minimum atomic E-state index is -0.878. The first-order valence-electron chi connectivity index (χ1n) is 12.2. The van der Waals surface area contributed by atoms with Crippen LogP contribution in [-0.4, -0.2) is 66.5 Å². The van der Waals surface area contributed by atoms with Crippen LogP contribution in [0.15, 0.2) is 30.3 Å². The number of hydrogen-bond acceptors (Lipinski definition) is 7. The summed E-state index contributed by atoms with van der Waals surface area (Å²) < 4.78 is 27.3. The highest BCUT2D eigenvalue weighted by molar-refractivity contribution is 5.87. The van der Waals surface area contributed by atoms with Crippen LogP contribution in [0.5, 0.6) is 28.7 Å². The number of carbonyl (C=O) groups is 1. The van der Waals surface area contributed by atoms with Crippen LogP contribution >= 0.6 is 0 Å². The summed E-state index contributed by atoms with van der Waals surface area (Å²) in [6.07, 6.45) is 2.26. The molecular weight excluding hydrogens is 460 g/mol. The van der Waals surface area contributed by atoms with Gasteiger partial charge in [0, 0.05) is 6.54 Å². The van der Waals surface area contributed by atoms with Gasteiger partial charge in [-0.25, -0.2) is 0 Å². The van der Waals surface area contributed by atoms with E-state index in [0.717, 1.165) is 43.0 Å². The fraction of sp³-hybridized carbons (Fsp3) is 0.536. The Morgan fingerprint density at radius 1 is 0.861 bits per heavy atom. The molecule has 0 saturated carbocycles. The van der Waals surface area contributed by atoms with Crippen molar-refractivity contribution in [2.75, 3.05) is 55.7 Å². The lowest BCUT2D eigenvalue weighted by Gasteiger charge is -2.36. The van der Waals surface area contributed by atoms with Gasteiger partial charge in [0.05, 0.1) is 41.0 Å². The van der Waals surface area contributed by atoms with E-state index in [1.807, 2.05) is 38.1 Å². The molecule has 1 amide bonds. The fourth-order valence-electron chi connectivity index (χ4n) is 4.75. The largest absolute Gasteiger partial charge is 0.493 e. The summed E-state index contributed by atoms with van der Waals surface area (Å²) in [4.78, 5) is 15.3. The van der Waals surface area contributed by atoms with Gasteiger partial charge in [-0.05, 0) is 74.2 Å². The lowest BCUT2D eigenvalue weighted by atomic mass is 9.68. The van der Waals surface area contributed by atoms with Crippen molar-refractivity contribution in [2.45, 2.75) is 38.5 Å². The maximum atomic E-state index is 13.0. The molecule has 0 heterocycles. The van der Waals surface area contributed by atoms with Crippen LogP contribution in [0.4, 0.5) is 0 Å². The maximum absolute atomic E-state index is 13.0.